The Balaban J connectivity index is 1.12. The zero-order chi connectivity index (χ0) is 26.4. The van der Waals surface area contributed by atoms with E-state index in [9.17, 15) is 18.4 Å². The maximum absolute atomic E-state index is 14.3. The third-order valence-corrected chi connectivity index (χ3v) is 8.96. The van der Waals surface area contributed by atoms with Gasteiger partial charge in [0.25, 0.3) is 5.91 Å². The van der Waals surface area contributed by atoms with E-state index < -0.39 is 29.0 Å². The molecule has 2 heterocycles. The molecule has 2 aliphatic rings. The number of imidazole rings is 1. The minimum Gasteiger partial charge on any atom is -0.481 e. The van der Waals surface area contributed by atoms with Crippen LogP contribution in [-0.4, -0.2) is 26.4 Å². The van der Waals surface area contributed by atoms with Crippen LogP contribution in [0.25, 0.3) is 15.4 Å². The summed E-state index contributed by atoms with van der Waals surface area (Å²) in [4.78, 5) is 30.1. The Bertz CT molecular complexity index is 1480. The number of nitrogens with zero attached hydrogens (tertiary/aromatic N) is 2. The van der Waals surface area contributed by atoms with Crippen molar-refractivity contribution in [2.24, 2.45) is 5.92 Å². The van der Waals surface area contributed by atoms with Gasteiger partial charge < -0.3 is 10.4 Å². The predicted molar refractivity (Wildman–Crippen MR) is 140 cm³/mol. The van der Waals surface area contributed by atoms with E-state index in [1.165, 1.54) is 16.9 Å². The summed E-state index contributed by atoms with van der Waals surface area (Å²) in [5.41, 5.74) is 1.87. The summed E-state index contributed by atoms with van der Waals surface area (Å²) in [6.07, 6.45) is 8.90. The first-order valence-electron chi connectivity index (χ1n) is 12.9. The molecule has 9 heteroatoms. The molecular weight excluding hydrogens is 508 g/mol. The van der Waals surface area contributed by atoms with Crippen LogP contribution in [0.2, 0.25) is 0 Å². The van der Waals surface area contributed by atoms with Crippen LogP contribution in [0.15, 0.2) is 54.9 Å². The topological polar surface area (TPSA) is 83.7 Å². The molecule has 0 aliphatic heterocycles. The number of hydrogen-bond donors (Lipinski definition) is 2. The summed E-state index contributed by atoms with van der Waals surface area (Å²) in [6, 6.07) is 11.8. The summed E-state index contributed by atoms with van der Waals surface area (Å²) < 4.78 is 29.8. The Kier molecular flexibility index (Phi) is 6.26. The lowest BCUT2D eigenvalue weighted by Crippen LogP contribution is -2.35. The van der Waals surface area contributed by atoms with E-state index in [1.807, 2.05) is 10.6 Å². The van der Waals surface area contributed by atoms with Gasteiger partial charge in [-0.25, -0.2) is 13.8 Å². The van der Waals surface area contributed by atoms with Gasteiger partial charge in [0.1, 0.15) is 17.3 Å². The van der Waals surface area contributed by atoms with E-state index in [4.69, 9.17) is 5.11 Å². The van der Waals surface area contributed by atoms with Crippen LogP contribution in [0.4, 0.5) is 8.78 Å². The molecule has 6 nitrogen and oxygen atoms in total. The van der Waals surface area contributed by atoms with Crippen molar-refractivity contribution in [1.29, 1.82) is 0 Å². The van der Waals surface area contributed by atoms with Crippen LogP contribution in [-0.2, 0) is 10.3 Å². The Hall–Kier alpha value is -3.59. The van der Waals surface area contributed by atoms with Crippen molar-refractivity contribution >= 4 is 28.2 Å². The molecule has 196 valence electrons. The standard InChI is InChI=1S/C29H27F2N3O3S/c30-21-9-10-23(31)22(14-21)29(11-12-29)33-27(37)24-15-34-16-25(38-28(34)32-24)20-7-5-19(6-8-20)18-3-1-17(2-4-18)13-26(35)36/h5-10,14-18H,1-4,11-13H2,(H,33,37)(H,35,36)/t17-,18-. The fraction of sp³-hybridized carbons (Fsp3) is 0.345. The molecule has 6 rings (SSSR count). The van der Waals surface area contributed by atoms with Crippen molar-refractivity contribution in [3.05, 3.63) is 83.3 Å². The molecule has 0 radical (unpaired) electrons. The highest BCUT2D eigenvalue weighted by Crippen LogP contribution is 2.47. The third kappa shape index (κ3) is 4.82. The van der Waals surface area contributed by atoms with E-state index in [1.54, 1.807) is 6.20 Å². The minimum absolute atomic E-state index is 0.172. The van der Waals surface area contributed by atoms with Gasteiger partial charge in [-0.15, -0.1) is 0 Å². The van der Waals surface area contributed by atoms with Crippen molar-refractivity contribution in [2.45, 2.75) is 56.4 Å². The fourth-order valence-electron chi connectivity index (χ4n) is 5.64. The number of carbonyl (C=O) groups is 2. The molecule has 0 spiro atoms. The van der Waals surface area contributed by atoms with Crippen molar-refractivity contribution in [3.8, 4) is 10.4 Å². The van der Waals surface area contributed by atoms with Crippen LogP contribution >= 0.6 is 11.3 Å². The van der Waals surface area contributed by atoms with Gasteiger partial charge in [-0.3, -0.25) is 14.0 Å². The number of rotatable bonds is 7. The number of amides is 1. The van der Waals surface area contributed by atoms with Gasteiger partial charge in [0.2, 0.25) is 0 Å². The predicted octanol–water partition coefficient (Wildman–Crippen LogP) is 6.51. The molecule has 0 bridgehead atoms. The maximum Gasteiger partial charge on any atom is 0.303 e. The van der Waals surface area contributed by atoms with Gasteiger partial charge in [-0.1, -0.05) is 35.6 Å². The van der Waals surface area contributed by atoms with Gasteiger partial charge in [0.05, 0.1) is 10.4 Å². The van der Waals surface area contributed by atoms with Gasteiger partial charge in [-0.2, -0.15) is 0 Å². The number of aromatic nitrogens is 2. The van der Waals surface area contributed by atoms with Crippen molar-refractivity contribution in [2.75, 3.05) is 0 Å². The molecule has 0 atom stereocenters. The van der Waals surface area contributed by atoms with Crippen molar-refractivity contribution in [1.82, 2.24) is 14.7 Å². The van der Waals surface area contributed by atoms with Gasteiger partial charge in [0.15, 0.2) is 4.96 Å². The van der Waals surface area contributed by atoms with Gasteiger partial charge in [-0.05, 0) is 79.7 Å². The number of carboxylic acids is 1. The molecule has 2 aromatic heterocycles. The number of fused-ring (bicyclic) bond motifs is 1. The first-order chi connectivity index (χ1) is 18.3. The Morgan fingerprint density at radius 1 is 1.05 bits per heavy atom. The summed E-state index contributed by atoms with van der Waals surface area (Å²) in [7, 11) is 0. The van der Waals surface area contributed by atoms with E-state index in [0.717, 1.165) is 54.3 Å². The normalized spacial score (nSPS) is 20.4. The maximum atomic E-state index is 14.3. The zero-order valence-corrected chi connectivity index (χ0v) is 21.4. The molecule has 38 heavy (non-hydrogen) atoms. The molecule has 2 aromatic carbocycles. The van der Waals surface area contributed by atoms with Crippen LogP contribution in [0.3, 0.4) is 0 Å². The second-order valence-electron chi connectivity index (χ2n) is 10.5. The van der Waals surface area contributed by atoms with Crippen molar-refractivity contribution in [3.63, 3.8) is 0 Å². The second kappa shape index (κ2) is 9.62. The lowest BCUT2D eigenvalue weighted by atomic mass is 9.77. The van der Waals surface area contributed by atoms with Crippen LogP contribution in [0, 0.1) is 17.6 Å². The summed E-state index contributed by atoms with van der Waals surface area (Å²) in [6.45, 7) is 0. The molecule has 0 unspecified atom stereocenters. The van der Waals surface area contributed by atoms with E-state index in [0.29, 0.717) is 23.7 Å². The quantitative estimate of drug-likeness (QED) is 0.283. The average molecular weight is 536 g/mol. The van der Waals surface area contributed by atoms with Crippen molar-refractivity contribution < 1.29 is 23.5 Å². The molecule has 4 aromatic rings. The first kappa shape index (κ1) is 24.7. The Morgan fingerprint density at radius 2 is 1.79 bits per heavy atom. The highest BCUT2D eigenvalue weighted by atomic mass is 32.1. The number of nitrogens with one attached hydrogen (secondary N) is 1. The highest BCUT2D eigenvalue weighted by Gasteiger charge is 2.48. The lowest BCUT2D eigenvalue weighted by molar-refractivity contribution is -0.138. The second-order valence-corrected chi connectivity index (χ2v) is 11.5. The zero-order valence-electron chi connectivity index (χ0n) is 20.6. The number of benzene rings is 2. The van der Waals surface area contributed by atoms with Crippen LogP contribution < -0.4 is 5.32 Å². The summed E-state index contributed by atoms with van der Waals surface area (Å²) >= 11 is 1.48. The SMILES string of the molecule is O=C(O)C[C@H]1CC[C@H](c2ccc(-c3cn4cc(C(=O)NC5(c6cc(F)ccc6F)CC5)nc4s3)cc2)CC1. The smallest absolute Gasteiger partial charge is 0.303 e. The van der Waals surface area contributed by atoms with Gasteiger partial charge >= 0.3 is 5.97 Å². The van der Waals surface area contributed by atoms with E-state index in [-0.39, 0.29) is 23.6 Å². The van der Waals surface area contributed by atoms with Crippen LogP contribution in [0.5, 0.6) is 0 Å². The number of carbonyl (C=O) groups excluding carboxylic acids is 1. The molecule has 1 amide bonds. The van der Waals surface area contributed by atoms with E-state index >= 15 is 0 Å². The number of hydrogen-bond acceptors (Lipinski definition) is 4. The lowest BCUT2D eigenvalue weighted by Gasteiger charge is -2.28. The third-order valence-electron chi connectivity index (χ3n) is 7.91. The number of aliphatic carboxylic acids is 1. The number of carboxylic acid groups (broad SMARTS) is 1. The molecule has 0 saturated heterocycles. The highest BCUT2D eigenvalue weighted by molar-refractivity contribution is 7.20. The number of thiazole rings is 1. The number of halogens is 2. The van der Waals surface area contributed by atoms with Gasteiger partial charge in [0, 0.05) is 24.4 Å². The minimum atomic E-state index is -0.886. The Labute approximate surface area is 222 Å². The average Bonchev–Trinajstić information content (AvgIpc) is 3.38. The Morgan fingerprint density at radius 3 is 2.45 bits per heavy atom. The van der Waals surface area contributed by atoms with E-state index in [2.05, 4.69) is 34.6 Å². The first-order valence-corrected chi connectivity index (χ1v) is 13.7. The monoisotopic (exact) mass is 535 g/mol. The summed E-state index contributed by atoms with van der Waals surface area (Å²) in [5, 5.41) is 11.9. The molecule has 2 fully saturated rings. The van der Waals surface area contributed by atoms with Crippen LogP contribution in [0.1, 0.15) is 72.5 Å². The molecular formula is C29H27F2N3O3S. The molecule has 2 aliphatic carbocycles. The largest absolute Gasteiger partial charge is 0.481 e. The fourth-order valence-corrected chi connectivity index (χ4v) is 6.61. The molecule has 2 saturated carbocycles. The summed E-state index contributed by atoms with van der Waals surface area (Å²) in [5.74, 6) is -1.43. The molecule has 2 N–H and O–H groups in total.